The van der Waals surface area contributed by atoms with E-state index in [2.05, 4.69) is 6.92 Å². The monoisotopic (exact) mass is 290 g/mol. The third-order valence-corrected chi connectivity index (χ3v) is 7.36. The minimum absolute atomic E-state index is 0.289. The van der Waals surface area contributed by atoms with E-state index >= 15 is 0 Å². The van der Waals surface area contributed by atoms with Crippen molar-refractivity contribution >= 4 is 5.78 Å². The highest BCUT2D eigenvalue weighted by Gasteiger charge is 2.59. The van der Waals surface area contributed by atoms with Gasteiger partial charge in [-0.3, -0.25) is 4.79 Å². The first-order valence-electron chi connectivity index (χ1n) is 8.61. The van der Waals surface area contributed by atoms with E-state index in [-0.39, 0.29) is 17.3 Å². The topological polar surface area (TPSA) is 57.5 Å². The highest BCUT2D eigenvalue weighted by molar-refractivity contribution is 5.91. The molecule has 4 rings (SSSR count). The summed E-state index contributed by atoms with van der Waals surface area (Å²) in [5.41, 5.74) is 1.05. The summed E-state index contributed by atoms with van der Waals surface area (Å²) in [6.07, 6.45) is 7.72. The first kappa shape index (κ1) is 14.0. The average molecular weight is 290 g/mol. The molecule has 0 aliphatic heterocycles. The maximum atomic E-state index is 11.7. The molecule has 0 bridgehead atoms. The summed E-state index contributed by atoms with van der Waals surface area (Å²) < 4.78 is 0. The fourth-order valence-electron chi connectivity index (χ4n) is 6.16. The molecule has 0 amide bonds. The van der Waals surface area contributed by atoms with E-state index in [0.29, 0.717) is 30.1 Å². The van der Waals surface area contributed by atoms with Crippen LogP contribution in [0, 0.1) is 29.1 Å². The van der Waals surface area contributed by atoms with E-state index in [9.17, 15) is 15.0 Å². The first-order chi connectivity index (χ1) is 10.0. The Morgan fingerprint density at radius 1 is 1.05 bits per heavy atom. The van der Waals surface area contributed by atoms with Crippen LogP contribution in [0.15, 0.2) is 11.6 Å². The van der Waals surface area contributed by atoms with Crippen LogP contribution >= 0.6 is 0 Å². The minimum Gasteiger partial charge on any atom is -0.392 e. The van der Waals surface area contributed by atoms with E-state index < -0.39 is 6.10 Å². The standard InChI is InChI=1S/C18H26O3/c1-18-15(6-7-16(18)20)13-4-2-10-8-11(19)3-5-12(10)14(13)9-17(18)21/h8,12-17,20-21H,2-7,9H2,1H3/t12-,13+,14+,15-,16-,17+,18-/m0/s1. The van der Waals surface area contributed by atoms with Gasteiger partial charge in [0.05, 0.1) is 12.2 Å². The van der Waals surface area contributed by atoms with E-state index in [1.54, 1.807) is 0 Å². The molecule has 116 valence electrons. The van der Waals surface area contributed by atoms with E-state index in [1.807, 2.05) is 6.08 Å². The molecule has 0 saturated heterocycles. The first-order valence-corrected chi connectivity index (χ1v) is 8.61. The van der Waals surface area contributed by atoms with E-state index in [1.165, 1.54) is 5.57 Å². The molecule has 0 radical (unpaired) electrons. The van der Waals surface area contributed by atoms with Gasteiger partial charge in [-0.15, -0.1) is 0 Å². The Kier molecular flexibility index (Phi) is 3.10. The van der Waals surface area contributed by atoms with Gasteiger partial charge in [0.25, 0.3) is 0 Å². The minimum atomic E-state index is -0.391. The van der Waals surface area contributed by atoms with Crippen molar-refractivity contribution in [2.75, 3.05) is 0 Å². The maximum absolute atomic E-state index is 11.7. The van der Waals surface area contributed by atoms with Crippen LogP contribution in [-0.2, 0) is 4.79 Å². The zero-order valence-electron chi connectivity index (χ0n) is 12.8. The lowest BCUT2D eigenvalue weighted by Gasteiger charge is -2.55. The molecule has 4 aliphatic rings. The van der Waals surface area contributed by atoms with E-state index in [0.717, 1.165) is 38.5 Å². The molecular weight excluding hydrogens is 264 g/mol. The van der Waals surface area contributed by atoms with Gasteiger partial charge in [0.1, 0.15) is 0 Å². The van der Waals surface area contributed by atoms with Gasteiger partial charge in [0, 0.05) is 11.8 Å². The van der Waals surface area contributed by atoms with Crippen LogP contribution in [0.4, 0.5) is 0 Å². The molecule has 0 aromatic carbocycles. The number of rotatable bonds is 0. The maximum Gasteiger partial charge on any atom is 0.155 e. The molecule has 0 unspecified atom stereocenters. The number of allylic oxidation sites excluding steroid dienone is 1. The quantitative estimate of drug-likeness (QED) is 0.720. The Bertz CT molecular complexity index is 497. The Hall–Kier alpha value is -0.670. The molecule has 3 saturated carbocycles. The average Bonchev–Trinajstić information content (AvgIpc) is 2.77. The fraction of sp³-hybridized carbons (Fsp3) is 0.833. The van der Waals surface area contributed by atoms with Gasteiger partial charge in [-0.05, 0) is 68.3 Å². The molecule has 2 N–H and O–H groups in total. The summed E-state index contributed by atoms with van der Waals surface area (Å²) in [5.74, 6) is 2.42. The Morgan fingerprint density at radius 2 is 1.86 bits per heavy atom. The van der Waals surface area contributed by atoms with Gasteiger partial charge in [0.15, 0.2) is 5.78 Å². The number of carbonyl (C=O) groups excluding carboxylic acids is 1. The van der Waals surface area contributed by atoms with Gasteiger partial charge in [-0.2, -0.15) is 0 Å². The van der Waals surface area contributed by atoms with Crippen molar-refractivity contribution in [3.63, 3.8) is 0 Å². The number of hydrogen-bond donors (Lipinski definition) is 2. The van der Waals surface area contributed by atoms with Crippen molar-refractivity contribution in [1.29, 1.82) is 0 Å². The van der Waals surface area contributed by atoms with Crippen LogP contribution in [0.2, 0.25) is 0 Å². The predicted octanol–water partition coefficient (Wildman–Crippen LogP) is 2.46. The fourth-order valence-corrected chi connectivity index (χ4v) is 6.16. The smallest absolute Gasteiger partial charge is 0.155 e. The SMILES string of the molecule is C[C@]12[C@H](O)C[C@H]3[C@@H](CCC4=CC(=O)CC[C@@H]43)[C@@H]1CC[C@@H]2O. The van der Waals surface area contributed by atoms with Crippen molar-refractivity contribution in [3.8, 4) is 0 Å². The van der Waals surface area contributed by atoms with Crippen LogP contribution < -0.4 is 0 Å². The van der Waals surface area contributed by atoms with Gasteiger partial charge in [-0.1, -0.05) is 12.5 Å². The summed E-state index contributed by atoms with van der Waals surface area (Å²) in [5, 5.41) is 21.1. The second-order valence-corrected chi connectivity index (χ2v) is 8.01. The zero-order chi connectivity index (χ0) is 14.8. The summed E-state index contributed by atoms with van der Waals surface area (Å²) in [4.78, 5) is 11.7. The summed E-state index contributed by atoms with van der Waals surface area (Å²) >= 11 is 0. The molecule has 0 heterocycles. The molecule has 3 nitrogen and oxygen atoms in total. The van der Waals surface area contributed by atoms with Crippen LogP contribution in [0.3, 0.4) is 0 Å². The summed E-state index contributed by atoms with van der Waals surface area (Å²) in [6.45, 7) is 2.10. The number of aliphatic hydroxyl groups is 2. The van der Waals surface area contributed by atoms with Gasteiger partial charge in [0.2, 0.25) is 0 Å². The lowest BCUT2D eigenvalue weighted by molar-refractivity contribution is -0.137. The van der Waals surface area contributed by atoms with Crippen molar-refractivity contribution < 1.29 is 15.0 Å². The molecule has 7 atom stereocenters. The molecule has 0 aromatic rings. The van der Waals surface area contributed by atoms with Gasteiger partial charge < -0.3 is 10.2 Å². The van der Waals surface area contributed by atoms with Crippen LogP contribution in [0.1, 0.15) is 51.9 Å². The summed E-state index contributed by atoms with van der Waals surface area (Å²) in [6, 6.07) is 0. The van der Waals surface area contributed by atoms with Crippen molar-refractivity contribution in [3.05, 3.63) is 11.6 Å². The van der Waals surface area contributed by atoms with Crippen LogP contribution in [0.5, 0.6) is 0 Å². The number of fused-ring (bicyclic) bond motifs is 5. The molecule has 0 aromatic heterocycles. The highest BCUT2D eigenvalue weighted by Crippen LogP contribution is 2.61. The van der Waals surface area contributed by atoms with Crippen molar-refractivity contribution in [1.82, 2.24) is 0 Å². The number of ketones is 1. The lowest BCUT2D eigenvalue weighted by Crippen LogP contribution is -2.55. The Morgan fingerprint density at radius 3 is 2.67 bits per heavy atom. The Labute approximate surface area is 126 Å². The zero-order valence-corrected chi connectivity index (χ0v) is 12.8. The summed E-state index contributed by atoms with van der Waals surface area (Å²) in [7, 11) is 0. The van der Waals surface area contributed by atoms with E-state index in [4.69, 9.17) is 0 Å². The number of hydrogen-bond acceptors (Lipinski definition) is 3. The molecule has 21 heavy (non-hydrogen) atoms. The predicted molar refractivity (Wildman–Crippen MR) is 79.5 cm³/mol. The molecular formula is C18H26O3. The second-order valence-electron chi connectivity index (χ2n) is 8.01. The van der Waals surface area contributed by atoms with Gasteiger partial charge >= 0.3 is 0 Å². The number of aliphatic hydroxyl groups excluding tert-OH is 2. The Balaban J connectivity index is 1.67. The lowest BCUT2D eigenvalue weighted by atomic mass is 9.51. The van der Waals surface area contributed by atoms with Gasteiger partial charge in [-0.25, -0.2) is 0 Å². The van der Waals surface area contributed by atoms with Crippen LogP contribution in [-0.4, -0.2) is 28.2 Å². The number of carbonyl (C=O) groups is 1. The molecule has 0 spiro atoms. The van der Waals surface area contributed by atoms with Crippen molar-refractivity contribution in [2.45, 2.75) is 64.1 Å². The third-order valence-electron chi connectivity index (χ3n) is 7.36. The highest BCUT2D eigenvalue weighted by atomic mass is 16.3. The largest absolute Gasteiger partial charge is 0.392 e. The molecule has 3 fully saturated rings. The van der Waals surface area contributed by atoms with Crippen molar-refractivity contribution in [2.24, 2.45) is 29.1 Å². The second kappa shape index (κ2) is 4.66. The molecule has 3 heteroatoms. The molecule has 4 aliphatic carbocycles. The van der Waals surface area contributed by atoms with Crippen LogP contribution in [0.25, 0.3) is 0 Å². The normalized spacial score (nSPS) is 52.7. The third kappa shape index (κ3) is 1.83.